The Balaban J connectivity index is 2.76. The van der Waals surface area contributed by atoms with Crippen LogP contribution in [0, 0.1) is 33.1 Å². The van der Waals surface area contributed by atoms with Crippen LogP contribution in [-0.2, 0) is 20.4 Å². The van der Waals surface area contributed by atoms with Crippen LogP contribution in [0.5, 0.6) is 0 Å². The summed E-state index contributed by atoms with van der Waals surface area (Å²) in [5.74, 6) is -0.103. The van der Waals surface area contributed by atoms with E-state index in [-0.39, 0.29) is 16.6 Å². The molecule has 0 aliphatic carbocycles. The fourth-order valence-electron chi connectivity index (χ4n) is 3.49. The number of hydrogen-bond acceptors (Lipinski definition) is 2. The molecule has 0 fully saturated rings. The number of rotatable bonds is 5. The highest BCUT2D eigenvalue weighted by atomic mass is 32.2. The van der Waals surface area contributed by atoms with Gasteiger partial charge in [-0.15, -0.1) is 0 Å². The van der Waals surface area contributed by atoms with E-state index in [0.717, 1.165) is 0 Å². The van der Waals surface area contributed by atoms with Crippen molar-refractivity contribution < 1.29 is 9.53 Å². The van der Waals surface area contributed by atoms with E-state index in [1.807, 2.05) is 6.92 Å². The van der Waals surface area contributed by atoms with Crippen molar-refractivity contribution >= 4 is 16.9 Å². The van der Waals surface area contributed by atoms with Crippen molar-refractivity contribution in [3.8, 4) is 0 Å². The number of carbonyl (C=O) groups is 1. The van der Waals surface area contributed by atoms with Crippen LogP contribution in [0.2, 0.25) is 0 Å². The monoisotopic (exact) mass is 385 g/mol. The predicted octanol–water partition coefficient (Wildman–Crippen LogP) is 5.93. The van der Waals surface area contributed by atoms with Crippen molar-refractivity contribution in [3.05, 3.63) is 58.7 Å². The highest BCUT2D eigenvalue weighted by Gasteiger charge is 2.50. The average molecular weight is 386 g/mol. The Hall–Kier alpha value is -1.74. The second-order valence-electron chi connectivity index (χ2n) is 8.37. The molecule has 0 N–H and O–H groups in total. The molecule has 0 aliphatic heterocycles. The second-order valence-corrected chi connectivity index (χ2v) is 10.4. The largest absolute Gasteiger partial charge is 0.462 e. The van der Waals surface area contributed by atoms with Crippen LogP contribution in [-0.4, -0.2) is 17.8 Å². The minimum atomic E-state index is -0.404. The lowest BCUT2D eigenvalue weighted by atomic mass is 9.92. The van der Waals surface area contributed by atoms with Gasteiger partial charge in [-0.1, -0.05) is 56.2 Å². The van der Waals surface area contributed by atoms with Crippen molar-refractivity contribution in [2.24, 2.45) is 5.41 Å². The Kier molecular flexibility index (Phi) is 6.80. The van der Waals surface area contributed by atoms with E-state index in [1.165, 1.54) is 32.0 Å². The zero-order valence-electron chi connectivity index (χ0n) is 18.0. The first-order chi connectivity index (χ1) is 12.6. The summed E-state index contributed by atoms with van der Waals surface area (Å²) in [4.78, 5) is 15.6. The van der Waals surface area contributed by atoms with E-state index in [4.69, 9.17) is 4.74 Å². The standard InChI is InChI=1S/C24H33O2S/c1-9-26-23(25)22(24(6,7)8)27(20-12-10-16(2)14-18(20)4)21-13-11-17(3)15-19(21)5/h10-15,22H,9H2,1-8H3/q+1. The maximum absolute atomic E-state index is 13.1. The normalized spacial score (nSPS) is 12.9. The molecule has 0 bridgehead atoms. The molecule has 0 aromatic heterocycles. The molecule has 3 heteroatoms. The summed E-state index contributed by atoms with van der Waals surface area (Å²) in [7, 11) is -0.404. The molecular weight excluding hydrogens is 352 g/mol. The SMILES string of the molecule is CCOC(=O)C([S+](c1ccc(C)cc1C)c1ccc(C)cc1C)C(C)(C)C. The Morgan fingerprint density at radius 1 is 0.926 bits per heavy atom. The highest BCUT2D eigenvalue weighted by molar-refractivity contribution is 7.98. The van der Waals surface area contributed by atoms with Gasteiger partial charge in [-0.25, -0.2) is 4.79 Å². The molecule has 2 rings (SSSR count). The van der Waals surface area contributed by atoms with E-state index in [1.54, 1.807) is 0 Å². The quantitative estimate of drug-likeness (QED) is 0.471. The van der Waals surface area contributed by atoms with Gasteiger partial charge in [-0.3, -0.25) is 0 Å². The molecule has 0 saturated heterocycles. The van der Waals surface area contributed by atoms with Gasteiger partial charge in [0.25, 0.3) is 0 Å². The molecule has 2 aromatic carbocycles. The summed E-state index contributed by atoms with van der Waals surface area (Å²) in [6.07, 6.45) is 0. The highest BCUT2D eigenvalue weighted by Crippen LogP contribution is 2.40. The first-order valence-corrected chi connectivity index (χ1v) is 10.9. The van der Waals surface area contributed by atoms with Gasteiger partial charge in [0.1, 0.15) is 0 Å². The molecule has 0 saturated carbocycles. The lowest BCUT2D eigenvalue weighted by Gasteiger charge is -2.29. The van der Waals surface area contributed by atoms with Crippen LogP contribution in [0.1, 0.15) is 49.9 Å². The van der Waals surface area contributed by atoms with E-state index >= 15 is 0 Å². The van der Waals surface area contributed by atoms with E-state index in [0.29, 0.717) is 6.61 Å². The minimum Gasteiger partial charge on any atom is -0.462 e. The van der Waals surface area contributed by atoms with Gasteiger partial charge in [-0.2, -0.15) is 0 Å². The summed E-state index contributed by atoms with van der Waals surface area (Å²) in [5, 5.41) is -0.236. The van der Waals surface area contributed by atoms with Crippen LogP contribution in [0.3, 0.4) is 0 Å². The number of benzene rings is 2. The van der Waals surface area contributed by atoms with Gasteiger partial charge in [0, 0.05) is 16.5 Å². The molecule has 146 valence electrons. The fraction of sp³-hybridized carbons (Fsp3) is 0.458. The summed E-state index contributed by atoms with van der Waals surface area (Å²) < 4.78 is 5.55. The summed E-state index contributed by atoms with van der Waals surface area (Å²) in [6.45, 7) is 17.2. The molecule has 0 heterocycles. The van der Waals surface area contributed by atoms with E-state index in [2.05, 4.69) is 84.9 Å². The molecule has 2 nitrogen and oxygen atoms in total. The number of ether oxygens (including phenoxy) is 1. The van der Waals surface area contributed by atoms with Gasteiger partial charge < -0.3 is 4.74 Å². The van der Waals surface area contributed by atoms with Crippen LogP contribution in [0.15, 0.2) is 46.2 Å². The summed E-state index contributed by atoms with van der Waals surface area (Å²) in [5.41, 5.74) is 4.73. The number of esters is 1. The topological polar surface area (TPSA) is 26.3 Å². The maximum Gasteiger partial charge on any atom is 0.360 e. The predicted molar refractivity (Wildman–Crippen MR) is 116 cm³/mol. The molecule has 2 aromatic rings. The zero-order valence-corrected chi connectivity index (χ0v) is 18.8. The Morgan fingerprint density at radius 3 is 1.70 bits per heavy atom. The number of aryl methyl sites for hydroxylation is 4. The molecule has 0 radical (unpaired) electrons. The summed E-state index contributed by atoms with van der Waals surface area (Å²) in [6, 6.07) is 13.1. The third-order valence-corrected chi connectivity index (χ3v) is 7.89. The maximum atomic E-state index is 13.1. The number of hydrogen-bond donors (Lipinski definition) is 0. The van der Waals surface area contributed by atoms with Gasteiger partial charge in [0.15, 0.2) is 9.79 Å². The fourth-order valence-corrected chi connectivity index (χ4v) is 6.44. The minimum absolute atomic E-state index is 0.103. The lowest BCUT2D eigenvalue weighted by Crippen LogP contribution is -2.43. The smallest absolute Gasteiger partial charge is 0.360 e. The van der Waals surface area contributed by atoms with Crippen molar-refractivity contribution in [2.45, 2.75) is 70.4 Å². The second kappa shape index (κ2) is 8.52. The van der Waals surface area contributed by atoms with Gasteiger partial charge in [0.2, 0.25) is 5.25 Å². The molecule has 0 amide bonds. The van der Waals surface area contributed by atoms with Crippen LogP contribution >= 0.6 is 0 Å². The van der Waals surface area contributed by atoms with Gasteiger partial charge in [-0.05, 0) is 46.8 Å². The molecule has 27 heavy (non-hydrogen) atoms. The Morgan fingerprint density at radius 2 is 1.37 bits per heavy atom. The lowest BCUT2D eigenvalue weighted by molar-refractivity contribution is -0.144. The van der Waals surface area contributed by atoms with Crippen molar-refractivity contribution in [1.29, 1.82) is 0 Å². The third kappa shape index (κ3) is 4.95. The summed E-state index contributed by atoms with van der Waals surface area (Å²) >= 11 is 0. The third-order valence-electron chi connectivity index (χ3n) is 4.66. The first kappa shape index (κ1) is 21.6. The van der Waals surface area contributed by atoms with Crippen molar-refractivity contribution in [3.63, 3.8) is 0 Å². The van der Waals surface area contributed by atoms with Gasteiger partial charge >= 0.3 is 5.97 Å². The number of carbonyl (C=O) groups excluding carboxylic acids is 1. The first-order valence-electron chi connectivity index (χ1n) is 9.60. The van der Waals surface area contributed by atoms with E-state index < -0.39 is 10.9 Å². The van der Waals surface area contributed by atoms with Gasteiger partial charge in [0.05, 0.1) is 17.5 Å². The Bertz CT molecular complexity index is 766. The van der Waals surface area contributed by atoms with Crippen LogP contribution in [0.4, 0.5) is 0 Å². The molecule has 0 aliphatic rings. The van der Waals surface area contributed by atoms with Crippen LogP contribution in [0.25, 0.3) is 0 Å². The van der Waals surface area contributed by atoms with E-state index in [9.17, 15) is 4.79 Å². The van der Waals surface area contributed by atoms with Crippen LogP contribution < -0.4 is 0 Å². The van der Waals surface area contributed by atoms with Crippen molar-refractivity contribution in [2.75, 3.05) is 6.61 Å². The Labute approximate surface area is 167 Å². The zero-order chi connectivity index (χ0) is 20.4. The molecule has 1 unspecified atom stereocenters. The average Bonchev–Trinajstić information content (AvgIpc) is 2.52. The molecule has 1 atom stereocenters. The molecular formula is C24H33O2S+. The molecule has 0 spiro atoms. The van der Waals surface area contributed by atoms with Crippen molar-refractivity contribution in [1.82, 2.24) is 0 Å².